The third-order valence-electron chi connectivity index (χ3n) is 2.37. The van der Waals surface area contributed by atoms with Gasteiger partial charge in [-0.3, -0.25) is 10.2 Å². The van der Waals surface area contributed by atoms with Crippen molar-refractivity contribution in [2.75, 3.05) is 0 Å². The minimum Gasteiger partial charge on any atom is -0.293 e. The third kappa shape index (κ3) is 3.54. The number of hydrogen-bond donors (Lipinski definition) is 2. The van der Waals surface area contributed by atoms with E-state index in [0.717, 1.165) is 4.90 Å². The molecule has 16 heavy (non-hydrogen) atoms. The highest BCUT2D eigenvalue weighted by molar-refractivity contribution is 8.00. The second-order valence-electron chi connectivity index (χ2n) is 3.99. The van der Waals surface area contributed by atoms with Crippen LogP contribution in [0.1, 0.15) is 32.3 Å². The van der Waals surface area contributed by atoms with Crippen molar-refractivity contribution in [2.45, 2.75) is 36.8 Å². The molecule has 0 spiro atoms. The van der Waals surface area contributed by atoms with Gasteiger partial charge in [0.15, 0.2) is 0 Å². The summed E-state index contributed by atoms with van der Waals surface area (Å²) in [5.74, 6) is 5.45. The lowest BCUT2D eigenvalue weighted by molar-refractivity contribution is -0.120. The molecule has 0 aliphatic heterocycles. The van der Waals surface area contributed by atoms with Crippen LogP contribution in [0.25, 0.3) is 0 Å². The molecule has 1 unspecified atom stereocenters. The third-order valence-corrected chi connectivity index (χ3v) is 3.48. The van der Waals surface area contributed by atoms with Gasteiger partial charge in [-0.25, -0.2) is 5.84 Å². The number of hydrazine groups is 1. The average molecular weight is 238 g/mol. The molecular weight excluding hydrogens is 220 g/mol. The van der Waals surface area contributed by atoms with Crippen LogP contribution in [0.5, 0.6) is 0 Å². The van der Waals surface area contributed by atoms with E-state index in [4.69, 9.17) is 5.84 Å². The van der Waals surface area contributed by atoms with Crippen LogP contribution >= 0.6 is 11.8 Å². The number of nitrogens with one attached hydrogen (secondary N) is 1. The van der Waals surface area contributed by atoms with Gasteiger partial charge < -0.3 is 0 Å². The summed E-state index contributed by atoms with van der Waals surface area (Å²) in [7, 11) is 0. The first-order valence-electron chi connectivity index (χ1n) is 5.31. The van der Waals surface area contributed by atoms with Crippen LogP contribution in [-0.2, 0) is 4.79 Å². The number of hydrogen-bond acceptors (Lipinski definition) is 3. The first-order valence-corrected chi connectivity index (χ1v) is 6.19. The van der Waals surface area contributed by atoms with Crippen LogP contribution < -0.4 is 11.3 Å². The molecule has 4 heteroatoms. The van der Waals surface area contributed by atoms with Crippen LogP contribution in [0.4, 0.5) is 0 Å². The number of carbonyl (C=O) groups excluding carboxylic acids is 1. The standard InChI is InChI=1S/C12H18N2OS/c1-8(2)10-4-6-11(7-5-10)16-9(3)12(15)14-13/h4-9H,13H2,1-3H3,(H,14,15). The Bertz CT molecular complexity index is 349. The maximum Gasteiger partial charge on any atom is 0.247 e. The molecule has 1 amide bonds. The zero-order valence-corrected chi connectivity index (χ0v) is 10.7. The van der Waals surface area contributed by atoms with Crippen molar-refractivity contribution in [3.05, 3.63) is 29.8 Å². The van der Waals surface area contributed by atoms with Gasteiger partial charge >= 0.3 is 0 Å². The zero-order valence-electron chi connectivity index (χ0n) is 9.86. The summed E-state index contributed by atoms with van der Waals surface area (Å²) in [6.45, 7) is 6.16. The fourth-order valence-electron chi connectivity index (χ4n) is 1.31. The quantitative estimate of drug-likeness (QED) is 0.366. The van der Waals surface area contributed by atoms with Crippen molar-refractivity contribution < 1.29 is 4.79 Å². The van der Waals surface area contributed by atoms with Crippen molar-refractivity contribution in [1.29, 1.82) is 0 Å². The molecule has 0 saturated carbocycles. The smallest absolute Gasteiger partial charge is 0.247 e. The summed E-state index contributed by atoms with van der Waals surface area (Å²) in [4.78, 5) is 12.3. The lowest BCUT2D eigenvalue weighted by Gasteiger charge is -2.10. The van der Waals surface area contributed by atoms with E-state index in [1.54, 1.807) is 0 Å². The van der Waals surface area contributed by atoms with E-state index in [1.165, 1.54) is 17.3 Å². The Hall–Kier alpha value is -1.00. The van der Waals surface area contributed by atoms with Crippen LogP contribution in [0.2, 0.25) is 0 Å². The van der Waals surface area contributed by atoms with Gasteiger partial charge in [-0.2, -0.15) is 0 Å². The molecule has 0 aliphatic carbocycles. The zero-order chi connectivity index (χ0) is 12.1. The number of rotatable bonds is 4. The summed E-state index contributed by atoms with van der Waals surface area (Å²) in [6, 6.07) is 8.28. The number of carbonyl (C=O) groups is 1. The SMILES string of the molecule is CC(Sc1ccc(C(C)C)cc1)C(=O)NN. The molecule has 0 radical (unpaired) electrons. The predicted molar refractivity (Wildman–Crippen MR) is 68.2 cm³/mol. The first kappa shape index (κ1) is 13.1. The van der Waals surface area contributed by atoms with E-state index in [0.29, 0.717) is 5.92 Å². The van der Waals surface area contributed by atoms with Gasteiger partial charge in [0, 0.05) is 4.90 Å². The van der Waals surface area contributed by atoms with E-state index in [9.17, 15) is 4.79 Å². The summed E-state index contributed by atoms with van der Waals surface area (Å²) in [5.41, 5.74) is 3.46. The Kier molecular flexibility index (Phi) is 4.83. The predicted octanol–water partition coefficient (Wildman–Crippen LogP) is 2.28. The maximum atomic E-state index is 11.2. The first-order chi connectivity index (χ1) is 7.54. The molecule has 0 fully saturated rings. The molecule has 0 bridgehead atoms. The summed E-state index contributed by atoms with van der Waals surface area (Å²) < 4.78 is 0. The van der Waals surface area contributed by atoms with Crippen LogP contribution in [0.15, 0.2) is 29.2 Å². The average Bonchev–Trinajstić information content (AvgIpc) is 2.28. The molecule has 88 valence electrons. The lowest BCUT2D eigenvalue weighted by atomic mass is 10.0. The van der Waals surface area contributed by atoms with Crippen molar-refractivity contribution in [2.24, 2.45) is 5.84 Å². The summed E-state index contributed by atoms with van der Waals surface area (Å²) in [6.07, 6.45) is 0. The molecule has 1 aromatic rings. The van der Waals surface area contributed by atoms with Crippen molar-refractivity contribution in [3.63, 3.8) is 0 Å². The van der Waals surface area contributed by atoms with Crippen LogP contribution in [0, 0.1) is 0 Å². The topological polar surface area (TPSA) is 55.1 Å². The van der Waals surface area contributed by atoms with E-state index in [-0.39, 0.29) is 11.2 Å². The Labute approximate surface area is 101 Å². The molecule has 1 atom stereocenters. The van der Waals surface area contributed by atoms with Crippen LogP contribution in [-0.4, -0.2) is 11.2 Å². The molecule has 1 rings (SSSR count). The van der Waals surface area contributed by atoms with Crippen molar-refractivity contribution in [3.8, 4) is 0 Å². The largest absolute Gasteiger partial charge is 0.293 e. The van der Waals surface area contributed by atoms with Crippen molar-refractivity contribution >= 4 is 17.7 Å². The summed E-state index contributed by atoms with van der Waals surface area (Å²) >= 11 is 1.50. The molecule has 1 aromatic carbocycles. The normalized spacial score (nSPS) is 12.6. The molecule has 3 N–H and O–H groups in total. The molecular formula is C12H18N2OS. The van der Waals surface area contributed by atoms with E-state index < -0.39 is 0 Å². The van der Waals surface area contributed by atoms with Crippen molar-refractivity contribution in [1.82, 2.24) is 5.43 Å². The molecule has 3 nitrogen and oxygen atoms in total. The Balaban J connectivity index is 2.65. The fraction of sp³-hybridized carbons (Fsp3) is 0.417. The van der Waals surface area contributed by atoms with E-state index >= 15 is 0 Å². The van der Waals surface area contributed by atoms with Gasteiger partial charge in [-0.1, -0.05) is 26.0 Å². The Morgan fingerprint density at radius 3 is 2.25 bits per heavy atom. The number of amides is 1. The summed E-state index contributed by atoms with van der Waals surface area (Å²) in [5, 5.41) is -0.171. The van der Waals surface area contributed by atoms with Crippen LogP contribution in [0.3, 0.4) is 0 Å². The molecule has 0 aromatic heterocycles. The minimum atomic E-state index is -0.171. The van der Waals surface area contributed by atoms with Gasteiger partial charge in [-0.15, -0.1) is 11.8 Å². The van der Waals surface area contributed by atoms with Gasteiger partial charge in [0.1, 0.15) is 0 Å². The Morgan fingerprint density at radius 1 is 1.25 bits per heavy atom. The molecule has 0 heterocycles. The van der Waals surface area contributed by atoms with Gasteiger partial charge in [0.25, 0.3) is 0 Å². The number of nitrogens with two attached hydrogens (primary N) is 1. The van der Waals surface area contributed by atoms with Gasteiger partial charge in [0.2, 0.25) is 5.91 Å². The second kappa shape index (κ2) is 5.92. The highest BCUT2D eigenvalue weighted by atomic mass is 32.2. The Morgan fingerprint density at radius 2 is 1.81 bits per heavy atom. The van der Waals surface area contributed by atoms with Gasteiger partial charge in [-0.05, 0) is 30.5 Å². The minimum absolute atomic E-state index is 0.155. The lowest BCUT2D eigenvalue weighted by Crippen LogP contribution is -2.36. The monoisotopic (exact) mass is 238 g/mol. The fourth-order valence-corrected chi connectivity index (χ4v) is 2.18. The number of thioether (sulfide) groups is 1. The maximum absolute atomic E-state index is 11.2. The van der Waals surface area contributed by atoms with E-state index in [1.807, 2.05) is 19.1 Å². The molecule has 0 saturated heterocycles. The second-order valence-corrected chi connectivity index (χ2v) is 5.41. The highest BCUT2D eigenvalue weighted by Crippen LogP contribution is 2.25. The molecule has 0 aliphatic rings. The number of benzene rings is 1. The van der Waals surface area contributed by atoms with E-state index in [2.05, 4.69) is 31.4 Å². The van der Waals surface area contributed by atoms with Gasteiger partial charge in [0.05, 0.1) is 5.25 Å². The highest BCUT2D eigenvalue weighted by Gasteiger charge is 2.12.